The lowest BCUT2D eigenvalue weighted by molar-refractivity contribution is 0.0920. The number of nitrogens with zero attached hydrogens (tertiary/aromatic N) is 4. The number of sulfonamides is 1. The first-order valence-corrected chi connectivity index (χ1v) is 13.5. The largest absolute Gasteiger partial charge is 0.497 e. The number of ether oxygens (including phenoxy) is 1. The van der Waals surface area contributed by atoms with Gasteiger partial charge in [0.05, 0.1) is 31.5 Å². The molecule has 3 aromatic rings. The van der Waals surface area contributed by atoms with E-state index in [4.69, 9.17) is 4.74 Å². The average molecular weight is 485 g/mol. The Balaban J connectivity index is 1.60. The number of pyridine rings is 1. The minimum atomic E-state index is -3.52. The standard InChI is InChI=1S/C25H32N4O4S/c1-27-21-13-19(33-2)6-7-20(21)23-24(27)22(16-30)29(34(3,31)32)17-25(23)8-11-28(12-9-25)15-18-5-4-10-26-14-18/h4-7,10,13-14,22,30H,8-9,11-12,15-17H2,1-3H3/t22-/m1/s1. The van der Waals surface area contributed by atoms with Crippen LogP contribution in [0.3, 0.4) is 0 Å². The molecule has 1 aromatic carbocycles. The predicted molar refractivity (Wildman–Crippen MR) is 131 cm³/mol. The molecule has 34 heavy (non-hydrogen) atoms. The first-order valence-electron chi connectivity index (χ1n) is 11.6. The molecule has 2 aromatic heterocycles. The van der Waals surface area contributed by atoms with Crippen LogP contribution in [-0.4, -0.2) is 71.9 Å². The van der Waals surface area contributed by atoms with Gasteiger partial charge in [-0.1, -0.05) is 6.07 Å². The second-order valence-corrected chi connectivity index (χ2v) is 11.6. The summed E-state index contributed by atoms with van der Waals surface area (Å²) in [7, 11) is 0.0820. The van der Waals surface area contributed by atoms with Crippen molar-refractivity contribution in [2.45, 2.75) is 30.8 Å². The van der Waals surface area contributed by atoms with E-state index in [0.29, 0.717) is 6.54 Å². The van der Waals surface area contributed by atoms with Gasteiger partial charge in [0.1, 0.15) is 5.75 Å². The summed E-state index contributed by atoms with van der Waals surface area (Å²) in [6, 6.07) is 9.49. The SMILES string of the molecule is COc1ccc2c3c(n(C)c2c1)[C@@H](CO)N(S(C)(=O)=O)CC31CCN(Cc2cccnc2)CC1. The molecule has 1 spiro atoms. The van der Waals surface area contributed by atoms with Gasteiger partial charge in [-0.15, -0.1) is 0 Å². The van der Waals surface area contributed by atoms with Gasteiger partial charge >= 0.3 is 0 Å². The number of methoxy groups -OCH3 is 1. The van der Waals surface area contributed by atoms with Gasteiger partial charge < -0.3 is 14.4 Å². The van der Waals surface area contributed by atoms with Gasteiger partial charge in [0.15, 0.2) is 0 Å². The molecule has 0 aliphatic carbocycles. The Bertz CT molecular complexity index is 1300. The maximum atomic E-state index is 12.9. The normalized spacial score (nSPS) is 21.1. The van der Waals surface area contributed by atoms with Crippen LogP contribution in [0.4, 0.5) is 0 Å². The molecule has 0 radical (unpaired) electrons. The lowest BCUT2D eigenvalue weighted by Crippen LogP contribution is -2.55. The maximum absolute atomic E-state index is 12.9. The average Bonchev–Trinajstić information content (AvgIpc) is 3.13. The van der Waals surface area contributed by atoms with Crippen molar-refractivity contribution in [2.24, 2.45) is 7.05 Å². The van der Waals surface area contributed by atoms with Gasteiger partial charge in [0.2, 0.25) is 10.0 Å². The van der Waals surface area contributed by atoms with Gasteiger partial charge in [-0.3, -0.25) is 9.88 Å². The molecular formula is C25H32N4O4S. The maximum Gasteiger partial charge on any atom is 0.211 e. The highest BCUT2D eigenvalue weighted by atomic mass is 32.2. The Morgan fingerprint density at radius 1 is 1.24 bits per heavy atom. The summed E-state index contributed by atoms with van der Waals surface area (Å²) >= 11 is 0. The molecule has 0 amide bonds. The smallest absolute Gasteiger partial charge is 0.211 e. The summed E-state index contributed by atoms with van der Waals surface area (Å²) in [5.74, 6) is 0.756. The van der Waals surface area contributed by atoms with E-state index in [1.54, 1.807) is 13.3 Å². The number of hydrogen-bond acceptors (Lipinski definition) is 6. The number of aliphatic hydroxyl groups excluding tert-OH is 1. The van der Waals surface area contributed by atoms with E-state index >= 15 is 0 Å². The topological polar surface area (TPSA) is 87.9 Å². The molecule has 8 nitrogen and oxygen atoms in total. The Morgan fingerprint density at radius 3 is 2.62 bits per heavy atom. The molecular weight excluding hydrogens is 452 g/mol. The van der Waals surface area contributed by atoms with Gasteiger partial charge in [-0.2, -0.15) is 4.31 Å². The molecule has 2 aliphatic heterocycles. The summed E-state index contributed by atoms with van der Waals surface area (Å²) < 4.78 is 34.8. The number of aryl methyl sites for hydroxylation is 1. The molecule has 1 saturated heterocycles. The third-order valence-electron chi connectivity index (χ3n) is 7.65. The molecule has 2 aliphatic rings. The van der Waals surface area contributed by atoms with Crippen molar-refractivity contribution in [3.8, 4) is 5.75 Å². The molecule has 182 valence electrons. The van der Waals surface area contributed by atoms with Crippen LogP contribution in [0.25, 0.3) is 10.9 Å². The monoisotopic (exact) mass is 484 g/mol. The third kappa shape index (κ3) is 3.80. The van der Waals surface area contributed by atoms with E-state index in [0.717, 1.165) is 54.8 Å². The predicted octanol–water partition coefficient (Wildman–Crippen LogP) is 2.42. The van der Waals surface area contributed by atoms with Crippen LogP contribution in [0.15, 0.2) is 42.7 Å². The molecule has 1 fully saturated rings. The van der Waals surface area contributed by atoms with Crippen LogP contribution in [-0.2, 0) is 29.0 Å². The molecule has 1 atom stereocenters. The van der Waals surface area contributed by atoms with Crippen molar-refractivity contribution >= 4 is 20.9 Å². The highest BCUT2D eigenvalue weighted by Crippen LogP contribution is 2.50. The van der Waals surface area contributed by atoms with Crippen molar-refractivity contribution in [1.82, 2.24) is 18.8 Å². The van der Waals surface area contributed by atoms with Crippen molar-refractivity contribution in [2.75, 3.05) is 39.6 Å². The summed E-state index contributed by atoms with van der Waals surface area (Å²) in [6.07, 6.45) is 6.62. The van der Waals surface area contributed by atoms with Gasteiger partial charge in [0, 0.05) is 55.1 Å². The van der Waals surface area contributed by atoms with Crippen LogP contribution in [0.5, 0.6) is 5.75 Å². The highest BCUT2D eigenvalue weighted by Gasteiger charge is 2.50. The second kappa shape index (κ2) is 8.64. The summed E-state index contributed by atoms with van der Waals surface area (Å²) in [5, 5.41) is 11.5. The fraction of sp³-hybridized carbons (Fsp3) is 0.480. The number of piperidine rings is 1. The van der Waals surface area contributed by atoms with Gasteiger partial charge in [0.25, 0.3) is 0 Å². The molecule has 9 heteroatoms. The van der Waals surface area contributed by atoms with Gasteiger partial charge in [-0.25, -0.2) is 8.42 Å². The lowest BCUT2D eigenvalue weighted by Gasteiger charge is -2.49. The molecule has 0 bridgehead atoms. The first-order chi connectivity index (χ1) is 16.3. The molecule has 0 saturated carbocycles. The van der Waals surface area contributed by atoms with Crippen LogP contribution in [0.1, 0.15) is 35.7 Å². The van der Waals surface area contributed by atoms with Crippen molar-refractivity contribution in [3.05, 3.63) is 59.5 Å². The van der Waals surface area contributed by atoms with Crippen molar-refractivity contribution in [1.29, 1.82) is 0 Å². The second-order valence-electron chi connectivity index (χ2n) is 9.63. The van der Waals surface area contributed by atoms with Crippen LogP contribution in [0, 0.1) is 0 Å². The fourth-order valence-corrected chi connectivity index (χ4v) is 7.07. The number of likely N-dealkylation sites (tertiary alicyclic amines) is 1. The number of rotatable bonds is 5. The molecule has 1 N–H and O–H groups in total. The Morgan fingerprint density at radius 2 is 2.00 bits per heavy atom. The minimum Gasteiger partial charge on any atom is -0.497 e. The number of hydrogen-bond donors (Lipinski definition) is 1. The van der Waals surface area contributed by atoms with Gasteiger partial charge in [-0.05, 0) is 55.3 Å². The lowest BCUT2D eigenvalue weighted by atomic mass is 9.69. The van der Waals surface area contributed by atoms with Crippen LogP contribution in [0.2, 0.25) is 0 Å². The number of aliphatic hydroxyl groups is 1. The van der Waals surface area contributed by atoms with E-state index in [9.17, 15) is 13.5 Å². The van der Waals surface area contributed by atoms with E-state index in [1.165, 1.54) is 21.7 Å². The zero-order valence-corrected chi connectivity index (χ0v) is 20.8. The summed E-state index contributed by atoms with van der Waals surface area (Å²) in [5.41, 5.74) is 3.94. The van der Waals surface area contributed by atoms with Crippen molar-refractivity contribution in [3.63, 3.8) is 0 Å². The summed E-state index contributed by atoms with van der Waals surface area (Å²) in [4.78, 5) is 6.65. The summed E-state index contributed by atoms with van der Waals surface area (Å²) in [6.45, 7) is 2.68. The number of fused-ring (bicyclic) bond motifs is 4. The zero-order chi connectivity index (χ0) is 24.1. The minimum absolute atomic E-state index is 0.259. The molecule has 4 heterocycles. The van der Waals surface area contributed by atoms with Crippen LogP contribution >= 0.6 is 0 Å². The van der Waals surface area contributed by atoms with Crippen LogP contribution < -0.4 is 4.74 Å². The quantitative estimate of drug-likeness (QED) is 0.599. The Kier molecular flexibility index (Phi) is 5.92. The van der Waals surface area contributed by atoms with E-state index in [2.05, 4.69) is 26.6 Å². The molecule has 5 rings (SSSR count). The van der Waals surface area contributed by atoms with Crippen molar-refractivity contribution < 1.29 is 18.3 Å². The zero-order valence-electron chi connectivity index (χ0n) is 19.9. The van der Waals surface area contributed by atoms with E-state index in [1.807, 2.05) is 31.4 Å². The first kappa shape index (κ1) is 23.3. The third-order valence-corrected chi connectivity index (χ3v) is 8.88. The highest BCUT2D eigenvalue weighted by molar-refractivity contribution is 7.88. The van der Waals surface area contributed by atoms with E-state index < -0.39 is 16.1 Å². The fourth-order valence-electron chi connectivity index (χ4n) is 5.96. The molecule has 0 unspecified atom stereocenters. The number of aromatic nitrogens is 2. The Hall–Kier alpha value is -2.46. The van der Waals surface area contributed by atoms with E-state index in [-0.39, 0.29) is 12.0 Å². The Labute approximate surface area is 200 Å². The number of benzene rings is 1.